The molecule has 5 nitrogen and oxygen atoms in total. The summed E-state index contributed by atoms with van der Waals surface area (Å²) in [6.07, 6.45) is -0.675. The number of likely N-dealkylation sites (N-methyl/N-ethyl adjacent to an activating group) is 1. The second-order valence-corrected chi connectivity index (χ2v) is 9.72. The molecular weight excluding hydrogens is 408 g/mol. The number of hydrogen-bond donors (Lipinski definition) is 2. The Bertz CT molecular complexity index is 546. The SMILES string of the molecule is CN([C@H]1CNC[C@@H]1O)S(=O)(=O)c1cc(Br)sc1Br. The zero-order valence-corrected chi connectivity index (χ0v) is 14.2. The lowest BCUT2D eigenvalue weighted by molar-refractivity contribution is 0.136. The Morgan fingerprint density at radius 1 is 1.50 bits per heavy atom. The monoisotopic (exact) mass is 418 g/mol. The van der Waals surface area contributed by atoms with Gasteiger partial charge in [-0.3, -0.25) is 0 Å². The Balaban J connectivity index is 2.34. The van der Waals surface area contributed by atoms with Crippen LogP contribution in [0.25, 0.3) is 0 Å². The van der Waals surface area contributed by atoms with E-state index in [0.717, 1.165) is 3.79 Å². The summed E-state index contributed by atoms with van der Waals surface area (Å²) in [5.74, 6) is 0. The number of aliphatic hydroxyl groups is 1. The molecule has 1 aromatic heterocycles. The average molecular weight is 420 g/mol. The van der Waals surface area contributed by atoms with Crippen LogP contribution in [0.1, 0.15) is 0 Å². The third-order valence-corrected chi connectivity index (χ3v) is 7.54. The number of halogens is 2. The smallest absolute Gasteiger partial charge is 0.245 e. The second-order valence-electron chi connectivity index (χ2n) is 4.00. The number of rotatable bonds is 3. The highest BCUT2D eigenvalue weighted by Crippen LogP contribution is 2.36. The lowest BCUT2D eigenvalue weighted by Crippen LogP contribution is -2.44. The molecule has 0 unspecified atom stereocenters. The zero-order chi connectivity index (χ0) is 13.5. The van der Waals surface area contributed by atoms with Crippen molar-refractivity contribution in [2.45, 2.75) is 17.0 Å². The lowest BCUT2D eigenvalue weighted by atomic mass is 10.2. The number of β-amino-alcohol motifs (C(OH)–C–C–N with tert-alkyl or cyclic N) is 1. The maximum atomic E-state index is 12.4. The van der Waals surface area contributed by atoms with E-state index in [1.165, 1.54) is 22.7 Å². The van der Waals surface area contributed by atoms with Gasteiger partial charge >= 0.3 is 0 Å². The van der Waals surface area contributed by atoms with Crippen molar-refractivity contribution in [2.24, 2.45) is 0 Å². The first kappa shape index (κ1) is 14.9. The van der Waals surface area contributed by atoms with Gasteiger partial charge in [0.15, 0.2) is 0 Å². The molecule has 1 aromatic rings. The fourth-order valence-corrected chi connectivity index (χ4v) is 7.00. The molecule has 2 N–H and O–H groups in total. The van der Waals surface area contributed by atoms with E-state index in [4.69, 9.17) is 0 Å². The highest BCUT2D eigenvalue weighted by Gasteiger charge is 2.37. The molecule has 1 aliphatic rings. The Hall–Kier alpha value is 0.490. The Kier molecular flexibility index (Phi) is 4.52. The Morgan fingerprint density at radius 2 is 2.17 bits per heavy atom. The summed E-state index contributed by atoms with van der Waals surface area (Å²) >= 11 is 7.82. The molecule has 0 saturated carbocycles. The van der Waals surface area contributed by atoms with Crippen molar-refractivity contribution in [3.05, 3.63) is 13.6 Å². The summed E-state index contributed by atoms with van der Waals surface area (Å²) in [6, 6.07) is 1.13. The van der Waals surface area contributed by atoms with E-state index < -0.39 is 22.2 Å². The first-order valence-electron chi connectivity index (χ1n) is 5.15. The highest BCUT2D eigenvalue weighted by atomic mass is 79.9. The number of hydrogen-bond acceptors (Lipinski definition) is 5. The lowest BCUT2D eigenvalue weighted by Gasteiger charge is -2.25. The Morgan fingerprint density at radius 3 is 2.61 bits per heavy atom. The second kappa shape index (κ2) is 5.47. The minimum Gasteiger partial charge on any atom is -0.390 e. The van der Waals surface area contributed by atoms with E-state index in [9.17, 15) is 13.5 Å². The highest BCUT2D eigenvalue weighted by molar-refractivity contribution is 9.12. The molecule has 0 aliphatic carbocycles. The molecule has 1 saturated heterocycles. The van der Waals surface area contributed by atoms with Crippen molar-refractivity contribution < 1.29 is 13.5 Å². The summed E-state index contributed by atoms with van der Waals surface area (Å²) in [7, 11) is -2.10. The van der Waals surface area contributed by atoms with Gasteiger partial charge in [0.25, 0.3) is 0 Å². The van der Waals surface area contributed by atoms with Crippen LogP contribution in [0.2, 0.25) is 0 Å². The summed E-state index contributed by atoms with van der Waals surface area (Å²) in [5, 5.41) is 12.7. The van der Waals surface area contributed by atoms with Crippen LogP contribution in [0, 0.1) is 0 Å². The predicted octanol–water partition coefficient (Wildman–Crippen LogP) is 1.23. The van der Waals surface area contributed by atoms with Crippen LogP contribution in [0.3, 0.4) is 0 Å². The zero-order valence-electron chi connectivity index (χ0n) is 9.43. The summed E-state index contributed by atoms with van der Waals surface area (Å²) in [5.41, 5.74) is 0. The molecule has 0 amide bonds. The molecule has 2 heterocycles. The third kappa shape index (κ3) is 2.67. The van der Waals surface area contributed by atoms with Crippen molar-refractivity contribution >= 4 is 53.2 Å². The summed E-state index contributed by atoms with van der Waals surface area (Å²) < 4.78 is 27.4. The van der Waals surface area contributed by atoms with E-state index in [1.807, 2.05) is 0 Å². The van der Waals surface area contributed by atoms with E-state index in [0.29, 0.717) is 16.9 Å². The maximum absolute atomic E-state index is 12.4. The number of nitrogens with one attached hydrogen (secondary N) is 1. The van der Waals surface area contributed by atoms with Crippen LogP contribution in [0.5, 0.6) is 0 Å². The molecule has 2 atom stereocenters. The van der Waals surface area contributed by atoms with Crippen LogP contribution in [-0.2, 0) is 10.0 Å². The average Bonchev–Trinajstić information content (AvgIpc) is 2.83. The van der Waals surface area contributed by atoms with Crippen molar-refractivity contribution in [1.82, 2.24) is 9.62 Å². The molecule has 0 spiro atoms. The van der Waals surface area contributed by atoms with Crippen LogP contribution in [0.15, 0.2) is 18.5 Å². The maximum Gasteiger partial charge on any atom is 0.245 e. The fraction of sp³-hybridized carbons (Fsp3) is 0.556. The van der Waals surface area contributed by atoms with Gasteiger partial charge in [-0.2, -0.15) is 4.31 Å². The molecule has 0 bridgehead atoms. The first-order chi connectivity index (χ1) is 8.34. The molecule has 2 rings (SSSR count). The third-order valence-electron chi connectivity index (χ3n) is 2.90. The predicted molar refractivity (Wildman–Crippen MR) is 77.3 cm³/mol. The molecule has 1 fully saturated rings. The minimum atomic E-state index is -3.60. The largest absolute Gasteiger partial charge is 0.390 e. The summed E-state index contributed by atoms with van der Waals surface area (Å²) in [6.45, 7) is 0.874. The van der Waals surface area contributed by atoms with E-state index in [1.54, 1.807) is 6.07 Å². The molecule has 0 aromatic carbocycles. The molecule has 18 heavy (non-hydrogen) atoms. The van der Waals surface area contributed by atoms with E-state index >= 15 is 0 Å². The van der Waals surface area contributed by atoms with Gasteiger partial charge in [-0.25, -0.2) is 8.42 Å². The van der Waals surface area contributed by atoms with E-state index in [2.05, 4.69) is 37.2 Å². The Labute approximate surface area is 126 Å². The topological polar surface area (TPSA) is 69.6 Å². The van der Waals surface area contributed by atoms with Crippen molar-refractivity contribution in [3.63, 3.8) is 0 Å². The van der Waals surface area contributed by atoms with E-state index in [-0.39, 0.29) is 4.90 Å². The normalized spacial score (nSPS) is 24.9. The molecule has 102 valence electrons. The van der Waals surface area contributed by atoms with Gasteiger partial charge in [0.2, 0.25) is 10.0 Å². The molecule has 0 radical (unpaired) electrons. The molecule has 1 aliphatic heterocycles. The van der Waals surface area contributed by atoms with Crippen LogP contribution in [0.4, 0.5) is 0 Å². The quantitative estimate of drug-likeness (QED) is 0.772. The number of sulfonamides is 1. The van der Waals surface area contributed by atoms with Crippen LogP contribution >= 0.6 is 43.2 Å². The standard InChI is InChI=1S/C9H12Br2N2O3S2/c1-13(5-3-12-4-6(5)14)18(15,16)7-2-8(10)17-9(7)11/h2,5-6,12,14H,3-4H2,1H3/t5-,6-/m0/s1. The fourth-order valence-electron chi connectivity index (χ4n) is 1.86. The number of nitrogens with zero attached hydrogens (tertiary/aromatic N) is 1. The molecule has 9 heteroatoms. The summed E-state index contributed by atoms with van der Waals surface area (Å²) in [4.78, 5) is 0.223. The van der Waals surface area contributed by atoms with Gasteiger partial charge in [0.05, 0.1) is 19.7 Å². The minimum absolute atomic E-state index is 0.223. The van der Waals surface area contributed by atoms with Crippen LogP contribution < -0.4 is 5.32 Å². The van der Waals surface area contributed by atoms with Gasteiger partial charge < -0.3 is 10.4 Å². The number of thiophene rings is 1. The van der Waals surface area contributed by atoms with Gasteiger partial charge in [-0.05, 0) is 37.9 Å². The van der Waals surface area contributed by atoms with Crippen LogP contribution in [-0.4, -0.2) is 50.1 Å². The van der Waals surface area contributed by atoms with Gasteiger partial charge in [-0.1, -0.05) is 0 Å². The van der Waals surface area contributed by atoms with Crippen molar-refractivity contribution in [2.75, 3.05) is 20.1 Å². The number of aliphatic hydroxyl groups excluding tert-OH is 1. The molecular formula is C9H12Br2N2O3S2. The van der Waals surface area contributed by atoms with Gasteiger partial charge in [-0.15, -0.1) is 11.3 Å². The van der Waals surface area contributed by atoms with Gasteiger partial charge in [0.1, 0.15) is 4.90 Å². The van der Waals surface area contributed by atoms with Crippen molar-refractivity contribution in [3.8, 4) is 0 Å². The first-order valence-corrected chi connectivity index (χ1v) is 9.00. The van der Waals surface area contributed by atoms with Crippen molar-refractivity contribution in [1.29, 1.82) is 0 Å². The van der Waals surface area contributed by atoms with Gasteiger partial charge in [0, 0.05) is 20.1 Å².